The molecule has 18 amide bonds. The number of carboxylic acid groups (broad SMARTS) is 2. The quantitative estimate of drug-likeness (QED) is 0.0198. The Morgan fingerprint density at radius 3 is 1.74 bits per heavy atom. The van der Waals surface area contributed by atoms with Gasteiger partial charge in [-0.15, -0.1) is 11.8 Å². The van der Waals surface area contributed by atoms with Crippen LogP contribution >= 0.6 is 11.8 Å². The molecule has 0 spiro atoms. The molecular weight excluding hydrogens is 1950 g/mol. The Balaban J connectivity index is 1.13. The van der Waals surface area contributed by atoms with Crippen LogP contribution in [0, 0.1) is 0 Å². The fourth-order valence-electron chi connectivity index (χ4n) is 18.1. The summed E-state index contributed by atoms with van der Waals surface area (Å²) in [6, 6.07) is -2.94. The molecule has 15 atom stereocenters. The third-order valence-electron chi connectivity index (χ3n) is 26.6. The number of Topliss-reactive ketones (excluding diaryl/α,β-unsaturated/α-hetero) is 1. The zero-order chi connectivity index (χ0) is 109. The van der Waals surface area contributed by atoms with Crippen LogP contribution in [-0.4, -0.2) is 348 Å². The number of likely N-dealkylation sites (N-methyl/N-ethyl adjacent to an activating group) is 3. The van der Waals surface area contributed by atoms with Crippen LogP contribution in [0.2, 0.25) is 0 Å². The number of H-pyrrole nitrogens is 1. The Kier molecular flexibility index (Phi) is 48.1. The Morgan fingerprint density at radius 2 is 1.08 bits per heavy atom. The van der Waals surface area contributed by atoms with Crippen molar-refractivity contribution in [1.29, 1.82) is 0 Å². The molecule has 3 aromatic carbocycles. The third-order valence-corrected chi connectivity index (χ3v) is 27.7. The molecule has 23 N–H and O–H groups in total. The molecule has 3 aliphatic rings. The van der Waals surface area contributed by atoms with Crippen molar-refractivity contribution in [2.24, 2.45) is 17.2 Å². The van der Waals surface area contributed by atoms with Crippen LogP contribution in [0.25, 0.3) is 21.8 Å². The molecule has 816 valence electrons. The molecule has 3 fully saturated rings. The summed E-state index contributed by atoms with van der Waals surface area (Å²) in [5, 5.41) is 72.7. The van der Waals surface area contributed by atoms with E-state index in [2.05, 4.69) is 68.8 Å². The molecule has 2 aromatic heterocycles. The average Bonchev–Trinajstić information content (AvgIpc) is 1.65. The van der Waals surface area contributed by atoms with E-state index in [1.54, 1.807) is 54.7 Å². The Labute approximate surface area is 867 Å². The maximum absolute atomic E-state index is 15.9. The van der Waals surface area contributed by atoms with Crippen LogP contribution in [0.4, 0.5) is 0 Å². The monoisotopic (exact) mass is 2100 g/mol. The minimum absolute atomic E-state index is 0.0367. The molecule has 0 aliphatic carbocycles. The fraction of sp³-hybridized carbons (Fsp3) is 0.574. The largest absolute Gasteiger partial charge is 0.508 e. The fourth-order valence-corrected chi connectivity index (χ4v) is 18.9. The van der Waals surface area contributed by atoms with Crippen LogP contribution in [0.15, 0.2) is 85.2 Å². The Bertz CT molecular complexity index is 5540. The highest BCUT2D eigenvalue weighted by Crippen LogP contribution is 2.29. The number of fused-ring (bicyclic) bond motifs is 4. The second-order valence-electron chi connectivity index (χ2n) is 38.1. The zero-order valence-electron chi connectivity index (χ0n) is 85.7. The number of carbonyl (C=O) groups is 21. The van der Waals surface area contributed by atoms with Crippen molar-refractivity contribution in [1.82, 2.24) is 97.9 Å². The number of phenols is 1. The number of nitrogens with two attached hydrogens (primary N) is 3. The molecule has 0 saturated carbocycles. The van der Waals surface area contributed by atoms with Gasteiger partial charge in [-0.1, -0.05) is 127 Å². The van der Waals surface area contributed by atoms with E-state index < -0.39 is 278 Å². The van der Waals surface area contributed by atoms with Gasteiger partial charge < -0.3 is 135 Å². The number of benzene rings is 3. The van der Waals surface area contributed by atoms with Gasteiger partial charge in [-0.3, -0.25) is 101 Å². The smallest absolute Gasteiger partial charge is 0.323 e. The number of aromatic nitrogens is 2. The van der Waals surface area contributed by atoms with Crippen LogP contribution in [0.1, 0.15) is 193 Å². The number of thioether (sulfide) groups is 1. The van der Waals surface area contributed by atoms with Crippen LogP contribution in [-0.2, 0) is 126 Å². The summed E-state index contributed by atoms with van der Waals surface area (Å²) in [7, 11) is 3.82. The van der Waals surface area contributed by atoms with Crippen molar-refractivity contribution < 1.29 is 121 Å². The summed E-state index contributed by atoms with van der Waals surface area (Å²) in [6.07, 6.45) is 7.14. The molecular formula is C101H146N22O25S. The lowest BCUT2D eigenvalue weighted by molar-refractivity contribution is -0.149. The van der Waals surface area contributed by atoms with Crippen molar-refractivity contribution in [2.45, 2.75) is 292 Å². The summed E-state index contributed by atoms with van der Waals surface area (Å²) in [5.41, 5.74) is 20.3. The maximum atomic E-state index is 15.9. The van der Waals surface area contributed by atoms with Crippen molar-refractivity contribution >= 4 is 158 Å². The number of hydrogen-bond acceptors (Lipinski definition) is 26. The van der Waals surface area contributed by atoms with Crippen LogP contribution in [0.5, 0.6) is 5.75 Å². The minimum Gasteiger partial charge on any atom is -0.508 e. The molecule has 149 heavy (non-hydrogen) atoms. The number of aromatic hydroxyl groups is 1. The van der Waals surface area contributed by atoms with Gasteiger partial charge in [0, 0.05) is 132 Å². The van der Waals surface area contributed by atoms with Gasteiger partial charge >= 0.3 is 11.9 Å². The molecule has 47 nitrogen and oxygen atoms in total. The van der Waals surface area contributed by atoms with Gasteiger partial charge in [-0.05, 0) is 113 Å². The number of rotatable bonds is 38. The number of phenolic OH excluding ortho intramolecular Hbond substituents is 1. The van der Waals surface area contributed by atoms with E-state index in [0.29, 0.717) is 83.6 Å². The number of ketones is 1. The number of aliphatic hydroxyl groups excluding tert-OH is 1. The van der Waals surface area contributed by atoms with Gasteiger partial charge in [0.1, 0.15) is 96.9 Å². The summed E-state index contributed by atoms with van der Waals surface area (Å²) < 4.78 is 1.42. The van der Waals surface area contributed by atoms with E-state index in [-0.39, 0.29) is 83.0 Å². The SMILES string of the molecule is CCCC[C@H]1C(=O)N(C)[C@@H](CCCC)C(=O)N[C@@H](C)C(=O)N[C@H](C(=O)NCC(=O)NCC(=O)CCC(=O)NCCCCCCCCCCC(=O)O)CSCC(=O)N[C@@H](Cc2ccc(O)cc2)C(=O)N(C)[C@@H](C)C(=O)N[C@@H](CC(N)=O)C(=O)N2CCC[C@H]2C(=O)N[C@@H](CN)C(=O)N[C@@H](C)C(=O)N2C[C@H](O)C[C@@H]2C(=O)N[C@@H](Cc2c[nH]c3ccccc23)C(=O)N[C@@H](CCN)C(=O)N[C@@H](Cc2cn(CC(=O)O)c3ccccc23)C(=O)N1C. The van der Waals surface area contributed by atoms with E-state index in [4.69, 9.17) is 22.3 Å². The van der Waals surface area contributed by atoms with E-state index in [9.17, 15) is 87.2 Å². The number of amides is 18. The first-order valence-corrected chi connectivity index (χ1v) is 51.9. The number of carboxylic acids is 2. The average molecular weight is 2100 g/mol. The van der Waals surface area contributed by atoms with Gasteiger partial charge in [0.15, 0.2) is 5.78 Å². The predicted molar refractivity (Wildman–Crippen MR) is 547 cm³/mol. The summed E-state index contributed by atoms with van der Waals surface area (Å²) in [4.78, 5) is 307. The maximum Gasteiger partial charge on any atom is 0.323 e. The number of unbranched alkanes of at least 4 members (excludes halogenated alkanes) is 9. The molecule has 0 radical (unpaired) electrons. The number of primary amides is 1. The Hall–Kier alpha value is -14.2. The summed E-state index contributed by atoms with van der Waals surface area (Å²) in [5.74, 6) is -20.6. The number of aliphatic carboxylic acids is 2. The normalized spacial score (nSPS) is 23.4. The third kappa shape index (κ3) is 36.4. The molecule has 3 saturated heterocycles. The van der Waals surface area contributed by atoms with Crippen molar-refractivity contribution in [3.8, 4) is 5.75 Å². The van der Waals surface area contributed by atoms with Gasteiger partial charge in [0.2, 0.25) is 106 Å². The molecule has 48 heteroatoms. The number of nitrogens with one attached hydrogen (secondary N) is 13. The topological polar surface area (TPSA) is 699 Å². The van der Waals surface area contributed by atoms with Gasteiger partial charge in [-0.25, -0.2) is 0 Å². The van der Waals surface area contributed by atoms with Crippen molar-refractivity contribution in [3.05, 3.63) is 102 Å². The lowest BCUT2D eigenvalue weighted by Crippen LogP contribution is -2.61. The zero-order valence-corrected chi connectivity index (χ0v) is 86.5. The number of carbonyl (C=O) groups excluding carboxylic acids is 19. The lowest BCUT2D eigenvalue weighted by atomic mass is 10.00. The first-order valence-electron chi connectivity index (χ1n) is 50.7. The highest BCUT2D eigenvalue weighted by atomic mass is 32.2. The molecule has 5 aromatic rings. The number of nitrogens with zero attached hydrogens (tertiary/aromatic N) is 6. The van der Waals surface area contributed by atoms with Crippen molar-refractivity contribution in [2.75, 3.05) is 78.5 Å². The lowest BCUT2D eigenvalue weighted by Gasteiger charge is -2.36. The molecule has 0 bridgehead atoms. The standard InChI is InChI=1S/C101H146N22O25S/c1-9-11-29-78-94(141)109-58(3)88(135)117-76(90(137)108-52-84(129)107-51-65(125)38-39-83(128)105-42-24-18-16-14-13-15-17-19-33-86(131)132)56-149-57-85(130)111-72(44-61-34-36-64(124)37-35-61)98(145)118(6)60(5)89(136)114-74(48-82(104)127)100(147)122-43-25-32-79(122)95(142)116-75(49-103)93(140)110-59(4)97(144)123-54-66(126)47-81(123)96(143)113-71(45-62-50-106-69-28-22-20-26-67(62)69)92(139)112-70(40-41-102)91(138)115-73(99(146)120(8)80(30-12-10-2)101(148)119(78)7)46-63-53-121(55-87(133)134)77-31-23-21-27-68(63)77/h20-23,26-28,31,34-37,50,53,58-60,66,70-76,78-81,106,124,126H,9-19,24-25,29-30,32-33,38-49,51-52,54-57,102-103H2,1-8H3,(H2,104,127)(H,105,128)(H,107,129)(H,108,137)(H,109,141)(H,110,140)(H,111,130)(H,112,139)(H,113,143)(H,114,136)(H,115,138)(H,116,142)(H,117,135)(H,131,132)(H,133,134)/t58-,59-,60-,66+,70-,71-,72-,73-,74-,75-,76-,78-,79-,80-,81+/m0/s1. The van der Waals surface area contributed by atoms with E-state index >= 15 is 28.8 Å². The summed E-state index contributed by atoms with van der Waals surface area (Å²) in [6.45, 7) is 4.35. The molecule has 0 unspecified atom stereocenters. The highest BCUT2D eigenvalue weighted by molar-refractivity contribution is 8.00. The minimum atomic E-state index is -1.80. The predicted octanol–water partition coefficient (Wildman–Crippen LogP) is -1.60. The van der Waals surface area contributed by atoms with E-state index in [1.165, 1.54) is 76.9 Å². The summed E-state index contributed by atoms with van der Waals surface area (Å²) >= 11 is 0.728. The van der Waals surface area contributed by atoms with Crippen molar-refractivity contribution in [3.63, 3.8) is 0 Å². The van der Waals surface area contributed by atoms with E-state index in [0.717, 1.165) is 74.8 Å². The first kappa shape index (κ1) is 120. The number of hydrogen-bond donors (Lipinski definition) is 20. The van der Waals surface area contributed by atoms with E-state index in [1.807, 2.05) is 13.8 Å². The van der Waals surface area contributed by atoms with Gasteiger partial charge in [0.25, 0.3) is 0 Å². The van der Waals surface area contributed by atoms with Gasteiger partial charge in [0.05, 0.1) is 31.4 Å². The molecule has 3 aliphatic heterocycles. The molecule has 8 rings (SSSR count). The second kappa shape index (κ2) is 59.7. The molecule has 5 heterocycles. The number of aromatic amines is 1. The Morgan fingerprint density at radius 1 is 0.497 bits per heavy atom. The first-order chi connectivity index (χ1) is 71.0. The second-order valence-corrected chi connectivity index (χ2v) is 39.1. The number of para-hydroxylation sites is 2. The number of aliphatic hydroxyl groups is 1. The highest BCUT2D eigenvalue weighted by Gasteiger charge is 2.46. The van der Waals surface area contributed by atoms with Gasteiger partial charge in [-0.2, -0.15) is 0 Å². The van der Waals surface area contributed by atoms with Crippen LogP contribution in [0.3, 0.4) is 0 Å². The van der Waals surface area contributed by atoms with Crippen LogP contribution < -0.4 is 81.0 Å².